The Morgan fingerprint density at radius 1 is 1.18 bits per heavy atom. The van der Waals surface area contributed by atoms with Crippen LogP contribution in [0, 0.1) is 0 Å². The van der Waals surface area contributed by atoms with E-state index in [0.29, 0.717) is 19.7 Å². The molecule has 2 aromatic carbocycles. The van der Waals surface area contributed by atoms with Crippen LogP contribution in [0.3, 0.4) is 0 Å². The van der Waals surface area contributed by atoms with Crippen molar-refractivity contribution in [3.63, 3.8) is 0 Å². The maximum Gasteiger partial charge on any atom is 0.246 e. The number of carbonyl (C=O) groups excluding carboxylic acids is 1. The quantitative estimate of drug-likeness (QED) is 0.540. The monoisotopic (exact) mass is 460 g/mol. The fourth-order valence-electron chi connectivity index (χ4n) is 5.44. The van der Waals surface area contributed by atoms with Crippen LogP contribution in [0.15, 0.2) is 55.3 Å². The summed E-state index contributed by atoms with van der Waals surface area (Å²) in [6.45, 7) is 7.95. The van der Waals surface area contributed by atoms with Gasteiger partial charge in [-0.1, -0.05) is 42.4 Å². The van der Waals surface area contributed by atoms with E-state index >= 15 is 0 Å². The summed E-state index contributed by atoms with van der Waals surface area (Å²) in [5.41, 5.74) is 4.66. The van der Waals surface area contributed by atoms with E-state index in [1.807, 2.05) is 23.2 Å². The second-order valence-corrected chi connectivity index (χ2v) is 9.24. The lowest BCUT2D eigenvalue weighted by atomic mass is 9.97. The van der Waals surface area contributed by atoms with Crippen LogP contribution in [-0.2, 0) is 17.8 Å². The molecular formula is C26H25ClN4O2. The van der Waals surface area contributed by atoms with Gasteiger partial charge in [0.25, 0.3) is 0 Å². The smallest absolute Gasteiger partial charge is 0.246 e. The van der Waals surface area contributed by atoms with Gasteiger partial charge in [-0.15, -0.1) is 0 Å². The number of aromatic nitrogens is 1. The summed E-state index contributed by atoms with van der Waals surface area (Å²) >= 11 is 6.60. The summed E-state index contributed by atoms with van der Waals surface area (Å²) in [5.74, 6) is 0.844. The second kappa shape index (κ2) is 7.96. The van der Waals surface area contributed by atoms with Gasteiger partial charge < -0.3 is 19.4 Å². The summed E-state index contributed by atoms with van der Waals surface area (Å²) < 4.78 is 6.11. The third kappa shape index (κ3) is 3.32. The van der Waals surface area contributed by atoms with Gasteiger partial charge in [-0.05, 0) is 30.0 Å². The number of rotatable bonds is 2. The molecule has 1 aromatic heterocycles. The van der Waals surface area contributed by atoms with Crippen molar-refractivity contribution < 1.29 is 9.53 Å². The van der Waals surface area contributed by atoms with Gasteiger partial charge in [0.15, 0.2) is 5.75 Å². The van der Waals surface area contributed by atoms with Gasteiger partial charge in [0.1, 0.15) is 6.61 Å². The minimum absolute atomic E-state index is 0.0124. The van der Waals surface area contributed by atoms with E-state index in [2.05, 4.69) is 40.6 Å². The minimum Gasteiger partial charge on any atom is -0.488 e. The van der Waals surface area contributed by atoms with Crippen molar-refractivity contribution in [1.82, 2.24) is 9.88 Å². The predicted octanol–water partition coefficient (Wildman–Crippen LogP) is 4.05. The Morgan fingerprint density at radius 2 is 2.03 bits per heavy atom. The van der Waals surface area contributed by atoms with E-state index in [0.717, 1.165) is 64.7 Å². The highest BCUT2D eigenvalue weighted by Crippen LogP contribution is 2.42. The number of hydrogen-bond acceptors (Lipinski definition) is 5. The SMILES string of the molecule is C=CC(=O)N1CCN2c3c(cnc4c3CCN(c3cccc5cccc(Cl)c35)C4)OC[C@H]2C1. The Morgan fingerprint density at radius 3 is 2.88 bits per heavy atom. The zero-order valence-electron chi connectivity index (χ0n) is 18.3. The molecule has 0 aliphatic carbocycles. The van der Waals surface area contributed by atoms with Gasteiger partial charge in [0.05, 0.1) is 35.2 Å². The molecule has 0 radical (unpaired) electrons. The maximum absolute atomic E-state index is 12.1. The van der Waals surface area contributed by atoms with Gasteiger partial charge in [0.2, 0.25) is 5.91 Å². The molecule has 1 amide bonds. The number of halogens is 1. The summed E-state index contributed by atoms with van der Waals surface area (Å²) in [5, 5.41) is 3.01. The Hall–Kier alpha value is -3.25. The molecule has 3 aliphatic rings. The highest BCUT2D eigenvalue weighted by Gasteiger charge is 2.37. The predicted molar refractivity (Wildman–Crippen MR) is 131 cm³/mol. The normalized spacial score (nSPS) is 19.4. The number of hydrogen-bond donors (Lipinski definition) is 0. The van der Waals surface area contributed by atoms with Gasteiger partial charge in [-0.3, -0.25) is 9.78 Å². The molecule has 1 saturated heterocycles. The van der Waals surface area contributed by atoms with Crippen LogP contribution in [-0.4, -0.2) is 54.6 Å². The average Bonchev–Trinajstić information content (AvgIpc) is 2.87. The van der Waals surface area contributed by atoms with Crippen molar-refractivity contribution in [2.75, 3.05) is 42.6 Å². The van der Waals surface area contributed by atoms with Crippen LogP contribution in [0.2, 0.25) is 5.02 Å². The molecule has 0 bridgehead atoms. The first kappa shape index (κ1) is 20.4. The van der Waals surface area contributed by atoms with E-state index in [1.165, 1.54) is 11.6 Å². The van der Waals surface area contributed by atoms with Crippen LogP contribution in [0.1, 0.15) is 11.3 Å². The molecule has 33 heavy (non-hydrogen) atoms. The molecule has 0 saturated carbocycles. The van der Waals surface area contributed by atoms with Crippen molar-refractivity contribution in [3.05, 3.63) is 71.5 Å². The lowest BCUT2D eigenvalue weighted by molar-refractivity contribution is -0.127. The first-order valence-corrected chi connectivity index (χ1v) is 11.8. The zero-order valence-corrected chi connectivity index (χ0v) is 19.1. The van der Waals surface area contributed by atoms with Gasteiger partial charge in [-0.25, -0.2) is 0 Å². The summed E-state index contributed by atoms with van der Waals surface area (Å²) in [7, 11) is 0. The number of nitrogens with zero attached hydrogens (tertiary/aromatic N) is 4. The maximum atomic E-state index is 12.1. The van der Waals surface area contributed by atoms with Gasteiger partial charge in [0, 0.05) is 42.8 Å². The first-order chi connectivity index (χ1) is 16.1. The van der Waals surface area contributed by atoms with Crippen LogP contribution >= 0.6 is 11.6 Å². The second-order valence-electron chi connectivity index (χ2n) is 8.83. The number of carbonyl (C=O) groups is 1. The third-order valence-electron chi connectivity index (χ3n) is 7.04. The summed E-state index contributed by atoms with van der Waals surface area (Å²) in [6.07, 6.45) is 4.15. The largest absolute Gasteiger partial charge is 0.488 e. The highest BCUT2D eigenvalue weighted by molar-refractivity contribution is 6.36. The fraction of sp³-hybridized carbons (Fsp3) is 0.308. The lowest BCUT2D eigenvalue weighted by Gasteiger charge is -2.47. The lowest BCUT2D eigenvalue weighted by Crippen LogP contribution is -2.58. The number of amides is 1. The van der Waals surface area contributed by atoms with Crippen molar-refractivity contribution in [2.24, 2.45) is 0 Å². The fourth-order valence-corrected chi connectivity index (χ4v) is 5.72. The molecule has 0 N–H and O–H groups in total. The van der Waals surface area contributed by atoms with Crippen molar-refractivity contribution >= 4 is 39.7 Å². The van der Waals surface area contributed by atoms with Crippen LogP contribution in [0.4, 0.5) is 11.4 Å². The standard InChI is InChI=1S/C26H25ClN4O2/c1-2-24(32)30-11-12-31-18(14-30)16-33-23-13-28-21-15-29(10-9-19(21)26(23)31)22-8-4-6-17-5-3-7-20(27)25(17)22/h2-8,13,18H,1,9-12,14-16H2/t18-/m1/s1. The Bertz CT molecular complexity index is 1270. The molecule has 7 heteroatoms. The van der Waals surface area contributed by atoms with Crippen LogP contribution < -0.4 is 14.5 Å². The highest BCUT2D eigenvalue weighted by atomic mass is 35.5. The Balaban J connectivity index is 1.33. The number of benzene rings is 2. The van der Waals surface area contributed by atoms with E-state index in [-0.39, 0.29) is 11.9 Å². The molecule has 0 spiro atoms. The van der Waals surface area contributed by atoms with E-state index < -0.39 is 0 Å². The molecule has 3 aromatic rings. The summed E-state index contributed by atoms with van der Waals surface area (Å²) in [4.78, 5) is 23.6. The van der Waals surface area contributed by atoms with Crippen molar-refractivity contribution in [1.29, 1.82) is 0 Å². The molecule has 1 fully saturated rings. The number of piperazine rings is 1. The first-order valence-electron chi connectivity index (χ1n) is 11.4. The average molecular weight is 461 g/mol. The van der Waals surface area contributed by atoms with Crippen molar-refractivity contribution in [2.45, 2.75) is 19.0 Å². The van der Waals surface area contributed by atoms with Gasteiger partial charge in [-0.2, -0.15) is 0 Å². The molecule has 6 rings (SSSR count). The Kier molecular flexibility index (Phi) is 4.91. The molecule has 168 valence electrons. The molecule has 1 atom stereocenters. The molecule has 0 unspecified atom stereocenters. The zero-order chi connectivity index (χ0) is 22.5. The van der Waals surface area contributed by atoms with Crippen LogP contribution in [0.25, 0.3) is 10.8 Å². The number of fused-ring (bicyclic) bond motifs is 6. The Labute approximate surface area is 198 Å². The van der Waals surface area contributed by atoms with Crippen LogP contribution in [0.5, 0.6) is 5.75 Å². The third-order valence-corrected chi connectivity index (χ3v) is 7.35. The molecule has 4 heterocycles. The van der Waals surface area contributed by atoms with E-state index in [9.17, 15) is 4.79 Å². The molecule has 6 nitrogen and oxygen atoms in total. The molecular weight excluding hydrogens is 436 g/mol. The number of pyridine rings is 1. The summed E-state index contributed by atoms with van der Waals surface area (Å²) in [6, 6.07) is 12.5. The van der Waals surface area contributed by atoms with E-state index in [4.69, 9.17) is 21.3 Å². The number of anilines is 2. The minimum atomic E-state index is -0.0124. The topological polar surface area (TPSA) is 48.9 Å². The molecule has 3 aliphatic heterocycles. The van der Waals surface area contributed by atoms with Gasteiger partial charge >= 0.3 is 0 Å². The van der Waals surface area contributed by atoms with E-state index in [1.54, 1.807) is 0 Å². The van der Waals surface area contributed by atoms with Crippen molar-refractivity contribution in [3.8, 4) is 5.75 Å². The number of ether oxygens (including phenoxy) is 1.